The Bertz CT molecular complexity index is 1080. The zero-order valence-corrected chi connectivity index (χ0v) is 14.5. The maximum absolute atomic E-state index is 13.5. The van der Waals surface area contributed by atoms with Crippen molar-refractivity contribution in [3.63, 3.8) is 0 Å². The summed E-state index contributed by atoms with van der Waals surface area (Å²) >= 11 is 6.73. The van der Waals surface area contributed by atoms with Crippen LogP contribution in [0, 0.1) is 12.7 Å². The van der Waals surface area contributed by atoms with Crippen LogP contribution in [0.25, 0.3) is 4.96 Å². The standard InChI is InChI=1S/C13H10ClFN4O3S2/c1-7-11(15)12(20)19-13(17-7)23-10(18-19)6-16-24(21,22)9-4-2-8(14)3-5-9/h2-5,16H,6H2,1H3. The Morgan fingerprint density at radius 1 is 1.33 bits per heavy atom. The van der Waals surface area contributed by atoms with Crippen molar-refractivity contribution in [2.45, 2.75) is 18.4 Å². The van der Waals surface area contributed by atoms with Crippen LogP contribution in [0.4, 0.5) is 4.39 Å². The summed E-state index contributed by atoms with van der Waals surface area (Å²) in [6, 6.07) is 5.66. The van der Waals surface area contributed by atoms with Gasteiger partial charge >= 0.3 is 5.56 Å². The summed E-state index contributed by atoms with van der Waals surface area (Å²) in [5.74, 6) is -0.980. The SMILES string of the molecule is Cc1nc2sc(CNS(=O)(=O)c3ccc(Cl)cc3)nn2c(=O)c1F. The molecule has 0 bridgehead atoms. The third-order valence-electron chi connectivity index (χ3n) is 3.10. The first-order chi connectivity index (χ1) is 11.3. The average molecular weight is 389 g/mol. The summed E-state index contributed by atoms with van der Waals surface area (Å²) < 4.78 is 41.1. The molecule has 0 spiro atoms. The van der Waals surface area contributed by atoms with Crippen LogP contribution in [0.1, 0.15) is 10.7 Å². The number of aromatic nitrogens is 3. The van der Waals surface area contributed by atoms with Gasteiger partial charge in [0.05, 0.1) is 17.1 Å². The Kier molecular flexibility index (Phi) is 4.38. The first-order valence-corrected chi connectivity index (χ1v) is 9.26. The molecule has 7 nitrogen and oxygen atoms in total. The molecule has 0 saturated carbocycles. The quantitative estimate of drug-likeness (QED) is 0.734. The van der Waals surface area contributed by atoms with Gasteiger partial charge in [0.2, 0.25) is 20.8 Å². The smallest absolute Gasteiger partial charge is 0.264 e. The normalized spacial score (nSPS) is 12.0. The molecule has 0 saturated heterocycles. The van der Waals surface area contributed by atoms with Crippen LogP contribution in [-0.2, 0) is 16.6 Å². The summed E-state index contributed by atoms with van der Waals surface area (Å²) in [5, 5.41) is 4.60. The van der Waals surface area contributed by atoms with Crippen LogP contribution in [-0.4, -0.2) is 23.0 Å². The molecule has 0 amide bonds. The lowest BCUT2D eigenvalue weighted by Gasteiger charge is -2.04. The van der Waals surface area contributed by atoms with E-state index < -0.39 is 21.4 Å². The number of benzene rings is 1. The molecule has 0 aliphatic heterocycles. The van der Waals surface area contributed by atoms with Crippen molar-refractivity contribution >= 4 is 37.9 Å². The fourth-order valence-corrected chi connectivity index (χ4v) is 3.97. The van der Waals surface area contributed by atoms with Gasteiger partial charge in [0, 0.05) is 5.02 Å². The number of nitrogens with zero attached hydrogens (tertiary/aromatic N) is 3. The van der Waals surface area contributed by atoms with Gasteiger partial charge in [-0.15, -0.1) is 0 Å². The highest BCUT2D eigenvalue weighted by Crippen LogP contribution is 2.16. The van der Waals surface area contributed by atoms with Crippen molar-refractivity contribution in [2.75, 3.05) is 0 Å². The van der Waals surface area contributed by atoms with Crippen LogP contribution >= 0.6 is 22.9 Å². The zero-order valence-electron chi connectivity index (χ0n) is 12.2. The van der Waals surface area contributed by atoms with Crippen molar-refractivity contribution in [1.82, 2.24) is 19.3 Å². The monoisotopic (exact) mass is 388 g/mol. The molecule has 0 unspecified atom stereocenters. The van der Waals surface area contributed by atoms with Crippen LogP contribution in [0.15, 0.2) is 34.0 Å². The van der Waals surface area contributed by atoms with Gasteiger partial charge in [0.15, 0.2) is 0 Å². The van der Waals surface area contributed by atoms with E-state index >= 15 is 0 Å². The highest BCUT2D eigenvalue weighted by molar-refractivity contribution is 7.89. The second-order valence-corrected chi connectivity index (χ2v) is 8.03. The second-order valence-electron chi connectivity index (χ2n) is 4.78. The fourth-order valence-electron chi connectivity index (χ4n) is 1.89. The predicted molar refractivity (Wildman–Crippen MR) is 87.3 cm³/mol. The third-order valence-corrected chi connectivity index (χ3v) is 5.68. The highest BCUT2D eigenvalue weighted by atomic mass is 35.5. The van der Waals surface area contributed by atoms with Gasteiger partial charge in [0.1, 0.15) is 5.01 Å². The number of rotatable bonds is 4. The van der Waals surface area contributed by atoms with Gasteiger partial charge in [-0.3, -0.25) is 4.79 Å². The predicted octanol–water partition coefficient (Wildman–Crippen LogP) is 1.73. The molecule has 126 valence electrons. The summed E-state index contributed by atoms with van der Waals surface area (Å²) in [4.78, 5) is 15.9. The lowest BCUT2D eigenvalue weighted by Crippen LogP contribution is -2.24. The molecule has 2 aromatic heterocycles. The maximum atomic E-state index is 13.5. The molecule has 0 atom stereocenters. The summed E-state index contributed by atoms with van der Waals surface area (Å²) in [7, 11) is -3.76. The number of nitrogens with one attached hydrogen (secondary N) is 1. The Morgan fingerprint density at radius 2 is 2.00 bits per heavy atom. The number of hydrogen-bond acceptors (Lipinski definition) is 6. The van der Waals surface area contributed by atoms with Crippen LogP contribution in [0.3, 0.4) is 0 Å². The number of halogens is 2. The molecule has 0 fully saturated rings. The molecule has 1 N–H and O–H groups in total. The molecule has 0 aliphatic carbocycles. The van der Waals surface area contributed by atoms with Crippen molar-refractivity contribution in [2.24, 2.45) is 0 Å². The Hall–Kier alpha value is -1.88. The largest absolute Gasteiger partial charge is 0.311 e. The molecule has 0 radical (unpaired) electrons. The minimum atomic E-state index is -3.76. The first-order valence-electron chi connectivity index (χ1n) is 6.58. The first kappa shape index (κ1) is 17.0. The maximum Gasteiger partial charge on any atom is 0.311 e. The molecule has 2 heterocycles. The topological polar surface area (TPSA) is 93.4 Å². The van der Waals surface area contributed by atoms with Crippen molar-refractivity contribution < 1.29 is 12.8 Å². The summed E-state index contributed by atoms with van der Waals surface area (Å²) in [6.07, 6.45) is 0. The Morgan fingerprint density at radius 3 is 2.67 bits per heavy atom. The lowest BCUT2D eigenvalue weighted by atomic mass is 10.4. The van der Waals surface area contributed by atoms with Crippen molar-refractivity contribution in [3.8, 4) is 0 Å². The molecular weight excluding hydrogens is 379 g/mol. The van der Waals surface area contributed by atoms with Crippen LogP contribution in [0.2, 0.25) is 5.02 Å². The van der Waals surface area contributed by atoms with E-state index in [1.54, 1.807) is 0 Å². The lowest BCUT2D eigenvalue weighted by molar-refractivity contribution is 0.574. The van der Waals surface area contributed by atoms with Gasteiger partial charge in [-0.1, -0.05) is 22.9 Å². The average Bonchev–Trinajstić information content (AvgIpc) is 2.94. The molecule has 24 heavy (non-hydrogen) atoms. The molecule has 11 heteroatoms. The van der Waals surface area contributed by atoms with Gasteiger partial charge < -0.3 is 0 Å². The Balaban J connectivity index is 1.87. The molecular formula is C13H10ClFN4O3S2. The van der Waals surface area contributed by atoms with Crippen LogP contribution in [0.5, 0.6) is 0 Å². The minimum absolute atomic E-state index is 0.0306. The van der Waals surface area contributed by atoms with Crippen molar-refractivity contribution in [3.05, 3.63) is 56.2 Å². The van der Waals surface area contributed by atoms with E-state index in [1.807, 2.05) is 0 Å². The van der Waals surface area contributed by atoms with E-state index in [0.717, 1.165) is 15.9 Å². The number of fused-ring (bicyclic) bond motifs is 1. The van der Waals surface area contributed by atoms with E-state index in [2.05, 4.69) is 14.8 Å². The second kappa shape index (κ2) is 6.20. The number of sulfonamides is 1. The van der Waals surface area contributed by atoms with Gasteiger partial charge in [-0.25, -0.2) is 18.1 Å². The highest BCUT2D eigenvalue weighted by Gasteiger charge is 2.17. The van der Waals surface area contributed by atoms with E-state index in [-0.39, 0.29) is 27.1 Å². The minimum Gasteiger partial charge on any atom is -0.264 e. The van der Waals surface area contributed by atoms with E-state index in [9.17, 15) is 17.6 Å². The summed E-state index contributed by atoms with van der Waals surface area (Å²) in [6.45, 7) is 1.22. The van der Waals surface area contributed by atoms with Crippen LogP contribution < -0.4 is 10.3 Å². The fraction of sp³-hybridized carbons (Fsp3) is 0.154. The molecule has 3 rings (SSSR count). The van der Waals surface area contributed by atoms with Gasteiger partial charge in [0.25, 0.3) is 0 Å². The van der Waals surface area contributed by atoms with E-state index in [0.29, 0.717) is 5.02 Å². The number of hydrogen-bond donors (Lipinski definition) is 1. The Labute approximate surface area is 144 Å². The van der Waals surface area contributed by atoms with E-state index in [4.69, 9.17) is 11.6 Å². The number of aryl methyl sites for hydroxylation is 1. The van der Waals surface area contributed by atoms with Crippen molar-refractivity contribution in [1.29, 1.82) is 0 Å². The molecule has 3 aromatic rings. The third kappa shape index (κ3) is 3.18. The summed E-state index contributed by atoms with van der Waals surface area (Å²) in [5.41, 5.74) is -0.947. The molecule has 0 aliphatic rings. The zero-order chi connectivity index (χ0) is 17.5. The van der Waals surface area contributed by atoms with Gasteiger partial charge in [-0.2, -0.15) is 14.0 Å². The van der Waals surface area contributed by atoms with E-state index in [1.165, 1.54) is 31.2 Å². The van der Waals surface area contributed by atoms with Gasteiger partial charge in [-0.05, 0) is 31.2 Å². The molecule has 1 aromatic carbocycles.